The van der Waals surface area contributed by atoms with Crippen molar-refractivity contribution in [2.24, 2.45) is 0 Å². The van der Waals surface area contributed by atoms with Gasteiger partial charge in [0, 0.05) is 22.8 Å². The number of benzene rings is 2. The molecule has 0 saturated heterocycles. The van der Waals surface area contributed by atoms with E-state index in [4.69, 9.17) is 0 Å². The zero-order valence-electron chi connectivity index (χ0n) is 16.8. The SMILES string of the molecule is O=C([O-])CCc1ccc(Nc2nc(O)c(C=C3C=Cc4ccccc4C3=O)s2)cc1.[Na+]. The maximum absolute atomic E-state index is 12.7. The van der Waals surface area contributed by atoms with Crippen LogP contribution in [0.4, 0.5) is 10.8 Å². The van der Waals surface area contributed by atoms with E-state index in [-0.39, 0.29) is 47.6 Å². The number of Topliss-reactive ketones (excluding diaryl/α,β-unsaturated/α-hetero) is 1. The smallest absolute Gasteiger partial charge is 0.550 e. The molecule has 0 fully saturated rings. The summed E-state index contributed by atoms with van der Waals surface area (Å²) in [6.45, 7) is 0. The zero-order valence-corrected chi connectivity index (χ0v) is 19.6. The van der Waals surface area contributed by atoms with Crippen molar-refractivity contribution >= 4 is 46.1 Å². The van der Waals surface area contributed by atoms with Crippen LogP contribution in [0.3, 0.4) is 0 Å². The van der Waals surface area contributed by atoms with Crippen molar-refractivity contribution in [2.45, 2.75) is 12.8 Å². The van der Waals surface area contributed by atoms with Gasteiger partial charge in [0.15, 0.2) is 10.9 Å². The Bertz CT molecular complexity index is 1180. The van der Waals surface area contributed by atoms with Gasteiger partial charge in [0.2, 0.25) is 5.88 Å². The number of rotatable bonds is 6. The second kappa shape index (κ2) is 10.1. The molecule has 8 heteroatoms. The first-order valence-corrected chi connectivity index (χ1v) is 10.1. The number of fused-ring (bicyclic) bond motifs is 1. The molecule has 1 aromatic heterocycles. The molecule has 0 bridgehead atoms. The van der Waals surface area contributed by atoms with Crippen molar-refractivity contribution in [3.05, 3.63) is 81.7 Å². The Morgan fingerprint density at radius 2 is 1.87 bits per heavy atom. The van der Waals surface area contributed by atoms with Gasteiger partial charge in [-0.05, 0) is 42.2 Å². The molecule has 3 aromatic rings. The fourth-order valence-electron chi connectivity index (χ4n) is 3.11. The van der Waals surface area contributed by atoms with Crippen LogP contribution in [0.15, 0.2) is 60.2 Å². The fourth-order valence-corrected chi connectivity index (χ4v) is 3.94. The average molecular weight is 440 g/mol. The first-order chi connectivity index (χ1) is 14.5. The molecule has 1 heterocycles. The minimum atomic E-state index is -1.08. The minimum Gasteiger partial charge on any atom is -0.550 e. The van der Waals surface area contributed by atoms with Crippen LogP contribution < -0.4 is 40.0 Å². The normalized spacial score (nSPS) is 13.5. The standard InChI is InChI=1S/C23H18N2O4S.Na/c26-20(27)12-7-14-5-10-17(11-6-14)24-23-25-22(29)19(30-23)13-16-9-8-15-3-1-2-4-18(15)21(16)28;/h1-6,8-11,13,29H,7,12H2,(H,24,25)(H,26,27);/q;+1/p-1. The quantitative estimate of drug-likeness (QED) is 0.429. The molecular formula is C23H17N2NaO4S. The van der Waals surface area contributed by atoms with Gasteiger partial charge in [-0.1, -0.05) is 59.9 Å². The molecule has 0 amide bonds. The second-order valence-corrected chi connectivity index (χ2v) is 7.78. The van der Waals surface area contributed by atoms with Gasteiger partial charge in [-0.15, -0.1) is 0 Å². The van der Waals surface area contributed by atoms with Crippen LogP contribution in [0.25, 0.3) is 12.2 Å². The van der Waals surface area contributed by atoms with Gasteiger partial charge in [0.25, 0.3) is 0 Å². The molecule has 150 valence electrons. The van der Waals surface area contributed by atoms with E-state index in [0.717, 1.165) is 16.8 Å². The number of ketones is 1. The van der Waals surface area contributed by atoms with Gasteiger partial charge in [0.05, 0.1) is 4.88 Å². The summed E-state index contributed by atoms with van der Waals surface area (Å²) < 4.78 is 0. The maximum atomic E-state index is 12.7. The summed E-state index contributed by atoms with van der Waals surface area (Å²) in [4.78, 5) is 27.8. The minimum absolute atomic E-state index is 0. The van der Waals surface area contributed by atoms with Crippen molar-refractivity contribution in [2.75, 3.05) is 5.32 Å². The fraction of sp³-hybridized carbons (Fsp3) is 0.0870. The number of thiazole rings is 1. The van der Waals surface area contributed by atoms with E-state index in [2.05, 4.69) is 10.3 Å². The van der Waals surface area contributed by atoms with Crippen molar-refractivity contribution < 1.29 is 49.4 Å². The number of hydrogen-bond acceptors (Lipinski definition) is 7. The Morgan fingerprint density at radius 3 is 2.61 bits per heavy atom. The predicted molar refractivity (Wildman–Crippen MR) is 115 cm³/mol. The number of hydrogen-bond donors (Lipinski definition) is 2. The summed E-state index contributed by atoms with van der Waals surface area (Å²) in [5.74, 6) is -1.32. The Kier molecular flexibility index (Phi) is 7.46. The van der Waals surface area contributed by atoms with E-state index in [1.807, 2.05) is 48.5 Å². The van der Waals surface area contributed by atoms with Crippen molar-refractivity contribution in [3.8, 4) is 5.88 Å². The molecule has 0 spiro atoms. The number of carboxylic acids is 1. The molecule has 2 aromatic carbocycles. The molecule has 0 aliphatic heterocycles. The van der Waals surface area contributed by atoms with Crippen LogP contribution in [0, 0.1) is 0 Å². The molecule has 2 N–H and O–H groups in total. The topological polar surface area (TPSA) is 102 Å². The Balaban J connectivity index is 0.00000272. The number of aryl methyl sites for hydroxylation is 1. The van der Waals surface area contributed by atoms with E-state index in [0.29, 0.717) is 27.6 Å². The number of anilines is 2. The predicted octanol–water partition coefficient (Wildman–Crippen LogP) is 0.572. The second-order valence-electron chi connectivity index (χ2n) is 6.75. The van der Waals surface area contributed by atoms with Gasteiger partial charge < -0.3 is 20.3 Å². The van der Waals surface area contributed by atoms with Crippen LogP contribution in [-0.2, 0) is 11.2 Å². The maximum Gasteiger partial charge on any atom is 1.00 e. The summed E-state index contributed by atoms with van der Waals surface area (Å²) >= 11 is 1.23. The molecular weight excluding hydrogens is 423 g/mol. The molecule has 0 radical (unpaired) electrons. The third-order valence-electron chi connectivity index (χ3n) is 4.65. The summed E-state index contributed by atoms with van der Waals surface area (Å²) in [5.41, 5.74) is 3.63. The van der Waals surface area contributed by atoms with Crippen molar-refractivity contribution in [1.82, 2.24) is 4.98 Å². The number of nitrogens with one attached hydrogen (secondary N) is 1. The number of nitrogens with zero attached hydrogens (tertiary/aromatic N) is 1. The van der Waals surface area contributed by atoms with E-state index >= 15 is 0 Å². The molecule has 1 aliphatic carbocycles. The summed E-state index contributed by atoms with van der Waals surface area (Å²) in [5, 5.41) is 24.3. The average Bonchev–Trinajstić information content (AvgIpc) is 3.08. The van der Waals surface area contributed by atoms with E-state index < -0.39 is 5.97 Å². The monoisotopic (exact) mass is 440 g/mol. The van der Waals surface area contributed by atoms with Gasteiger partial charge in [-0.2, -0.15) is 4.98 Å². The molecule has 4 rings (SSSR count). The Morgan fingerprint density at radius 1 is 1.13 bits per heavy atom. The zero-order chi connectivity index (χ0) is 21.1. The van der Waals surface area contributed by atoms with Gasteiger partial charge in [0.1, 0.15) is 0 Å². The van der Waals surface area contributed by atoms with Gasteiger partial charge in [-0.3, -0.25) is 4.79 Å². The van der Waals surface area contributed by atoms with E-state index in [1.54, 1.807) is 18.2 Å². The number of carbonyl (C=O) groups is 2. The number of carbonyl (C=O) groups excluding carboxylic acids is 2. The van der Waals surface area contributed by atoms with E-state index in [9.17, 15) is 19.8 Å². The molecule has 31 heavy (non-hydrogen) atoms. The van der Waals surface area contributed by atoms with Crippen LogP contribution in [-0.4, -0.2) is 21.8 Å². The third-order valence-corrected chi connectivity index (χ3v) is 5.56. The van der Waals surface area contributed by atoms with Crippen LogP contribution in [0.2, 0.25) is 0 Å². The first kappa shape index (κ1) is 23.0. The third kappa shape index (κ3) is 5.51. The van der Waals surface area contributed by atoms with Crippen molar-refractivity contribution in [3.63, 3.8) is 0 Å². The first-order valence-electron chi connectivity index (χ1n) is 9.29. The number of aliphatic carboxylic acids is 1. The van der Waals surface area contributed by atoms with Gasteiger partial charge >= 0.3 is 29.6 Å². The van der Waals surface area contributed by atoms with Crippen LogP contribution in [0.5, 0.6) is 5.88 Å². The Hall–Kier alpha value is -2.71. The number of aromatic nitrogens is 1. The van der Waals surface area contributed by atoms with Crippen molar-refractivity contribution in [1.29, 1.82) is 0 Å². The Labute approximate surface area is 205 Å². The number of aromatic hydroxyl groups is 1. The molecule has 0 atom stereocenters. The largest absolute Gasteiger partial charge is 1.00 e. The summed E-state index contributed by atoms with van der Waals surface area (Å²) in [6.07, 6.45) is 5.63. The molecule has 1 aliphatic rings. The molecule has 0 unspecified atom stereocenters. The van der Waals surface area contributed by atoms with E-state index in [1.165, 1.54) is 11.3 Å². The number of carboxylic acid groups (broad SMARTS) is 1. The van der Waals surface area contributed by atoms with Gasteiger partial charge in [-0.25, -0.2) is 0 Å². The summed E-state index contributed by atoms with van der Waals surface area (Å²) in [6, 6.07) is 14.6. The van der Waals surface area contributed by atoms with Crippen LogP contribution >= 0.6 is 11.3 Å². The van der Waals surface area contributed by atoms with Crippen LogP contribution in [0.1, 0.15) is 32.8 Å². The molecule has 6 nitrogen and oxygen atoms in total. The summed E-state index contributed by atoms with van der Waals surface area (Å²) in [7, 11) is 0. The number of allylic oxidation sites excluding steroid dienone is 2. The molecule has 0 saturated carbocycles.